The van der Waals surface area contributed by atoms with Gasteiger partial charge in [0.05, 0.1) is 11.9 Å². The molecule has 1 saturated heterocycles. The summed E-state index contributed by atoms with van der Waals surface area (Å²) in [6, 6.07) is 4.87. The van der Waals surface area contributed by atoms with E-state index in [1.165, 1.54) is 23.0 Å². The summed E-state index contributed by atoms with van der Waals surface area (Å²) in [5, 5.41) is 18.0. The molecular formula is C19H24ClFN4O2. The first-order valence-electron chi connectivity index (χ1n) is 9.12. The molecule has 2 aromatic rings. The maximum absolute atomic E-state index is 13.3. The predicted octanol–water partition coefficient (Wildman–Crippen LogP) is 2.80. The molecule has 1 amide bonds. The fraction of sp³-hybridized carbons (Fsp3) is 0.474. The molecule has 1 saturated carbocycles. The molecule has 27 heavy (non-hydrogen) atoms. The lowest BCUT2D eigenvalue weighted by Crippen LogP contribution is -2.42. The molecule has 0 radical (unpaired) electrons. The van der Waals surface area contributed by atoms with Gasteiger partial charge in [-0.1, -0.05) is 0 Å². The van der Waals surface area contributed by atoms with E-state index in [1.54, 1.807) is 13.0 Å². The standard InChI is InChI=1S/C19H23FN4O2.ClH/c1-12-9-13(20)4-7-16(12)24-11-17(25)18(22-24)19(26)23(15-5-6-15)10-14-3-2-8-21-14;/h4,7,9,11,14-15,21,25H,2-3,5-6,8,10H2,1H3;1H. The molecule has 1 aliphatic heterocycles. The molecule has 1 aromatic carbocycles. The lowest BCUT2D eigenvalue weighted by molar-refractivity contribution is 0.0719. The van der Waals surface area contributed by atoms with E-state index >= 15 is 0 Å². The maximum Gasteiger partial charge on any atom is 0.278 e. The number of benzene rings is 1. The van der Waals surface area contributed by atoms with Crippen LogP contribution >= 0.6 is 12.4 Å². The number of aromatic hydroxyl groups is 1. The van der Waals surface area contributed by atoms with Crippen molar-refractivity contribution in [2.45, 2.75) is 44.7 Å². The molecule has 1 unspecified atom stereocenters. The van der Waals surface area contributed by atoms with E-state index in [2.05, 4.69) is 10.4 Å². The van der Waals surface area contributed by atoms with Crippen LogP contribution in [0.2, 0.25) is 0 Å². The zero-order valence-electron chi connectivity index (χ0n) is 15.2. The van der Waals surface area contributed by atoms with E-state index < -0.39 is 0 Å². The second kappa shape index (κ2) is 7.86. The van der Waals surface area contributed by atoms with Crippen LogP contribution in [0.4, 0.5) is 4.39 Å². The lowest BCUT2D eigenvalue weighted by atomic mass is 10.2. The van der Waals surface area contributed by atoms with Gasteiger partial charge in [-0.05, 0) is 62.9 Å². The van der Waals surface area contributed by atoms with Gasteiger partial charge in [-0.2, -0.15) is 5.10 Å². The Hall–Kier alpha value is -2.12. The van der Waals surface area contributed by atoms with Crippen molar-refractivity contribution in [3.63, 3.8) is 0 Å². The first-order chi connectivity index (χ1) is 12.5. The second-order valence-electron chi connectivity index (χ2n) is 7.22. The number of hydrogen-bond acceptors (Lipinski definition) is 4. The van der Waals surface area contributed by atoms with Crippen LogP contribution in [0.15, 0.2) is 24.4 Å². The van der Waals surface area contributed by atoms with E-state index in [0.29, 0.717) is 23.8 Å². The molecule has 146 valence electrons. The third kappa shape index (κ3) is 4.09. The van der Waals surface area contributed by atoms with Gasteiger partial charge in [0.15, 0.2) is 11.4 Å². The van der Waals surface area contributed by atoms with E-state index in [-0.39, 0.29) is 41.6 Å². The Morgan fingerprint density at radius 2 is 2.19 bits per heavy atom. The monoisotopic (exact) mass is 394 g/mol. The van der Waals surface area contributed by atoms with Gasteiger partial charge in [0.1, 0.15) is 5.82 Å². The summed E-state index contributed by atoms with van der Waals surface area (Å²) in [5.41, 5.74) is 1.37. The Morgan fingerprint density at radius 3 is 2.81 bits per heavy atom. The first-order valence-corrected chi connectivity index (χ1v) is 9.12. The SMILES string of the molecule is Cc1cc(F)ccc1-n1cc(O)c(C(=O)N(CC2CCCN2)C2CC2)n1.Cl. The van der Waals surface area contributed by atoms with Gasteiger partial charge in [-0.15, -0.1) is 12.4 Å². The predicted molar refractivity (Wildman–Crippen MR) is 102 cm³/mol. The fourth-order valence-corrected chi connectivity index (χ4v) is 3.59. The first kappa shape index (κ1) is 19.6. The number of hydrogen-bond donors (Lipinski definition) is 2. The van der Waals surface area contributed by atoms with Gasteiger partial charge >= 0.3 is 0 Å². The van der Waals surface area contributed by atoms with Crippen LogP contribution in [-0.4, -0.2) is 50.9 Å². The van der Waals surface area contributed by atoms with E-state index in [0.717, 1.165) is 32.2 Å². The zero-order valence-corrected chi connectivity index (χ0v) is 16.0. The van der Waals surface area contributed by atoms with Gasteiger partial charge < -0.3 is 15.3 Å². The molecule has 0 bridgehead atoms. The third-order valence-corrected chi connectivity index (χ3v) is 5.13. The molecule has 4 rings (SSSR count). The highest BCUT2D eigenvalue weighted by Crippen LogP contribution is 2.31. The highest BCUT2D eigenvalue weighted by molar-refractivity contribution is 5.95. The van der Waals surface area contributed by atoms with E-state index in [9.17, 15) is 14.3 Å². The minimum Gasteiger partial charge on any atom is -0.504 e. The van der Waals surface area contributed by atoms with Gasteiger partial charge in [0.25, 0.3) is 5.91 Å². The quantitative estimate of drug-likeness (QED) is 0.818. The van der Waals surface area contributed by atoms with Crippen LogP contribution in [0.3, 0.4) is 0 Å². The lowest BCUT2D eigenvalue weighted by Gasteiger charge is -2.25. The molecule has 1 aromatic heterocycles. The van der Waals surface area contributed by atoms with Crippen molar-refractivity contribution in [3.05, 3.63) is 41.5 Å². The summed E-state index contributed by atoms with van der Waals surface area (Å²) in [4.78, 5) is 14.9. The second-order valence-corrected chi connectivity index (χ2v) is 7.22. The number of nitrogens with zero attached hydrogens (tertiary/aromatic N) is 3. The minimum atomic E-state index is -0.331. The molecule has 2 aliphatic rings. The summed E-state index contributed by atoms with van der Waals surface area (Å²) in [6.07, 6.45) is 5.59. The number of halogens is 2. The third-order valence-electron chi connectivity index (χ3n) is 5.13. The fourth-order valence-electron chi connectivity index (χ4n) is 3.59. The van der Waals surface area contributed by atoms with Crippen LogP contribution in [0.5, 0.6) is 5.75 Å². The Bertz CT molecular complexity index is 831. The topological polar surface area (TPSA) is 70.4 Å². The van der Waals surface area contributed by atoms with Crippen molar-refractivity contribution in [2.24, 2.45) is 0 Å². The highest BCUT2D eigenvalue weighted by atomic mass is 35.5. The minimum absolute atomic E-state index is 0. The molecule has 2 N–H and O–H groups in total. The molecule has 2 heterocycles. The average molecular weight is 395 g/mol. The molecular weight excluding hydrogens is 371 g/mol. The largest absolute Gasteiger partial charge is 0.504 e. The Balaban J connectivity index is 0.00000210. The normalized spacial score (nSPS) is 19.0. The summed E-state index contributed by atoms with van der Waals surface area (Å²) >= 11 is 0. The molecule has 1 aliphatic carbocycles. The number of amides is 1. The van der Waals surface area contributed by atoms with E-state index in [4.69, 9.17) is 0 Å². The van der Waals surface area contributed by atoms with Crippen LogP contribution in [-0.2, 0) is 0 Å². The summed E-state index contributed by atoms with van der Waals surface area (Å²) < 4.78 is 14.8. The number of carbonyl (C=O) groups excluding carboxylic acids is 1. The van der Waals surface area contributed by atoms with Crippen LogP contribution in [0, 0.1) is 12.7 Å². The van der Waals surface area contributed by atoms with Crippen LogP contribution < -0.4 is 5.32 Å². The smallest absolute Gasteiger partial charge is 0.278 e. The van der Waals surface area contributed by atoms with Crippen molar-refractivity contribution >= 4 is 18.3 Å². The molecule has 2 fully saturated rings. The van der Waals surface area contributed by atoms with Crippen LogP contribution in [0.1, 0.15) is 41.7 Å². The Labute approximate surface area is 163 Å². The van der Waals surface area contributed by atoms with Crippen LogP contribution in [0.25, 0.3) is 5.69 Å². The van der Waals surface area contributed by atoms with Gasteiger partial charge in [0.2, 0.25) is 0 Å². The van der Waals surface area contributed by atoms with Crippen molar-refractivity contribution in [3.8, 4) is 11.4 Å². The average Bonchev–Trinajstić information content (AvgIpc) is 3.17. The molecule has 6 nitrogen and oxygen atoms in total. The Morgan fingerprint density at radius 1 is 1.41 bits per heavy atom. The summed E-state index contributed by atoms with van der Waals surface area (Å²) in [7, 11) is 0. The molecule has 8 heteroatoms. The number of nitrogens with one attached hydrogen (secondary N) is 1. The number of aromatic nitrogens is 2. The maximum atomic E-state index is 13.3. The highest BCUT2D eigenvalue weighted by Gasteiger charge is 2.37. The number of aryl methyl sites for hydroxylation is 1. The molecule has 1 atom stereocenters. The number of carbonyl (C=O) groups is 1. The van der Waals surface area contributed by atoms with Crippen molar-refractivity contribution in [2.75, 3.05) is 13.1 Å². The summed E-state index contributed by atoms with van der Waals surface area (Å²) in [5.74, 6) is -0.719. The van der Waals surface area contributed by atoms with Gasteiger partial charge in [-0.25, -0.2) is 9.07 Å². The Kier molecular flexibility index (Phi) is 5.72. The van der Waals surface area contributed by atoms with Crippen molar-refractivity contribution < 1.29 is 14.3 Å². The van der Waals surface area contributed by atoms with Crippen molar-refractivity contribution in [1.82, 2.24) is 20.0 Å². The van der Waals surface area contributed by atoms with E-state index in [1.807, 2.05) is 4.90 Å². The molecule has 0 spiro atoms. The number of rotatable bonds is 5. The van der Waals surface area contributed by atoms with Crippen molar-refractivity contribution in [1.29, 1.82) is 0 Å². The van der Waals surface area contributed by atoms with Gasteiger partial charge in [-0.3, -0.25) is 4.79 Å². The zero-order chi connectivity index (χ0) is 18.3. The van der Waals surface area contributed by atoms with Gasteiger partial charge in [0, 0.05) is 18.6 Å². The summed E-state index contributed by atoms with van der Waals surface area (Å²) in [6.45, 7) is 3.40.